The molecule has 2 aromatic carbocycles. The summed E-state index contributed by atoms with van der Waals surface area (Å²) < 4.78 is 26.0. The van der Waals surface area contributed by atoms with Crippen LogP contribution in [0.3, 0.4) is 0 Å². The number of hydrogen-bond acceptors (Lipinski definition) is 2. The van der Waals surface area contributed by atoms with Gasteiger partial charge in [0.05, 0.1) is 11.2 Å². The van der Waals surface area contributed by atoms with Crippen molar-refractivity contribution in [2.75, 3.05) is 0 Å². The molecular formula is C18H11F2NO. The lowest BCUT2D eigenvalue weighted by Gasteiger charge is -1.99. The van der Waals surface area contributed by atoms with Gasteiger partial charge >= 0.3 is 0 Å². The fourth-order valence-corrected chi connectivity index (χ4v) is 2.08. The number of para-hydroxylation sites is 1. The van der Waals surface area contributed by atoms with Crippen molar-refractivity contribution in [2.45, 2.75) is 0 Å². The van der Waals surface area contributed by atoms with Gasteiger partial charge in [-0.05, 0) is 42.5 Å². The number of rotatable bonds is 3. The first-order valence-corrected chi connectivity index (χ1v) is 6.67. The minimum atomic E-state index is -1.04. The number of halogens is 2. The highest BCUT2D eigenvalue weighted by Crippen LogP contribution is 2.14. The second-order valence-electron chi connectivity index (χ2n) is 4.76. The van der Waals surface area contributed by atoms with Gasteiger partial charge < -0.3 is 0 Å². The van der Waals surface area contributed by atoms with E-state index in [1.54, 1.807) is 12.1 Å². The zero-order chi connectivity index (χ0) is 15.5. The van der Waals surface area contributed by atoms with E-state index < -0.39 is 17.4 Å². The summed E-state index contributed by atoms with van der Waals surface area (Å²) in [6, 6.07) is 14.4. The molecule has 2 nitrogen and oxygen atoms in total. The van der Waals surface area contributed by atoms with Crippen LogP contribution in [0, 0.1) is 11.6 Å². The molecule has 0 bridgehead atoms. The molecule has 3 rings (SSSR count). The molecule has 0 radical (unpaired) electrons. The maximum absolute atomic E-state index is 13.1. The van der Waals surface area contributed by atoms with Crippen molar-refractivity contribution in [1.29, 1.82) is 0 Å². The number of allylic oxidation sites excluding steroid dienone is 1. The lowest BCUT2D eigenvalue weighted by Crippen LogP contribution is -1.96. The molecule has 0 aliphatic rings. The third-order valence-electron chi connectivity index (χ3n) is 3.23. The Morgan fingerprint density at radius 1 is 0.955 bits per heavy atom. The minimum Gasteiger partial charge on any atom is -0.289 e. The van der Waals surface area contributed by atoms with Gasteiger partial charge in [-0.2, -0.15) is 0 Å². The Bertz CT molecular complexity index is 887. The molecule has 0 aliphatic heterocycles. The van der Waals surface area contributed by atoms with Gasteiger partial charge in [-0.1, -0.05) is 24.3 Å². The Morgan fingerprint density at radius 3 is 2.59 bits per heavy atom. The maximum Gasteiger partial charge on any atom is 0.186 e. The molecule has 0 saturated heterocycles. The summed E-state index contributed by atoms with van der Waals surface area (Å²) in [5.41, 5.74) is 1.54. The van der Waals surface area contributed by atoms with E-state index in [1.165, 1.54) is 12.1 Å². The average Bonchev–Trinajstić information content (AvgIpc) is 2.55. The Kier molecular flexibility index (Phi) is 3.74. The van der Waals surface area contributed by atoms with Crippen LogP contribution in [-0.2, 0) is 0 Å². The van der Waals surface area contributed by atoms with Gasteiger partial charge in [0.15, 0.2) is 17.4 Å². The first-order valence-electron chi connectivity index (χ1n) is 6.67. The smallest absolute Gasteiger partial charge is 0.186 e. The average molecular weight is 295 g/mol. The van der Waals surface area contributed by atoms with Crippen molar-refractivity contribution in [3.05, 3.63) is 83.6 Å². The van der Waals surface area contributed by atoms with Gasteiger partial charge in [0.25, 0.3) is 0 Å². The van der Waals surface area contributed by atoms with E-state index in [1.807, 2.05) is 30.3 Å². The SMILES string of the molecule is O=C(/C=C/c1ccc2ccccc2n1)c1ccc(F)c(F)c1. The van der Waals surface area contributed by atoms with Crippen LogP contribution in [0.5, 0.6) is 0 Å². The van der Waals surface area contributed by atoms with Crippen molar-refractivity contribution in [2.24, 2.45) is 0 Å². The third kappa shape index (κ3) is 2.91. The van der Waals surface area contributed by atoms with Gasteiger partial charge in [0, 0.05) is 10.9 Å². The van der Waals surface area contributed by atoms with Crippen LogP contribution in [0.25, 0.3) is 17.0 Å². The maximum atomic E-state index is 13.1. The Hall–Kier alpha value is -2.88. The van der Waals surface area contributed by atoms with Crippen LogP contribution in [0.15, 0.2) is 60.7 Å². The predicted molar refractivity (Wildman–Crippen MR) is 81.5 cm³/mol. The van der Waals surface area contributed by atoms with Crippen molar-refractivity contribution < 1.29 is 13.6 Å². The molecule has 0 aliphatic carbocycles. The number of pyridine rings is 1. The van der Waals surface area contributed by atoms with E-state index in [2.05, 4.69) is 4.98 Å². The summed E-state index contributed by atoms with van der Waals surface area (Å²) in [6.07, 6.45) is 2.85. The topological polar surface area (TPSA) is 30.0 Å². The van der Waals surface area contributed by atoms with Gasteiger partial charge in [-0.25, -0.2) is 13.8 Å². The molecule has 1 aromatic heterocycles. The van der Waals surface area contributed by atoms with Crippen molar-refractivity contribution >= 4 is 22.8 Å². The Labute approximate surface area is 125 Å². The zero-order valence-corrected chi connectivity index (χ0v) is 11.5. The van der Waals surface area contributed by atoms with Crippen LogP contribution in [0.2, 0.25) is 0 Å². The fourth-order valence-electron chi connectivity index (χ4n) is 2.08. The van der Waals surface area contributed by atoms with E-state index in [0.717, 1.165) is 23.0 Å². The highest BCUT2D eigenvalue weighted by atomic mass is 19.2. The number of benzene rings is 2. The molecule has 3 aromatic rings. The molecule has 0 amide bonds. The van der Waals surface area contributed by atoms with Crippen LogP contribution in [-0.4, -0.2) is 10.8 Å². The number of nitrogens with zero attached hydrogens (tertiary/aromatic N) is 1. The van der Waals surface area contributed by atoms with Crippen molar-refractivity contribution in [3.8, 4) is 0 Å². The van der Waals surface area contributed by atoms with Crippen molar-refractivity contribution in [3.63, 3.8) is 0 Å². The quantitative estimate of drug-likeness (QED) is 0.529. The van der Waals surface area contributed by atoms with Gasteiger partial charge in [0.1, 0.15) is 0 Å². The third-order valence-corrected chi connectivity index (χ3v) is 3.23. The summed E-state index contributed by atoms with van der Waals surface area (Å²) in [7, 11) is 0. The molecule has 22 heavy (non-hydrogen) atoms. The van der Waals surface area contributed by atoms with Gasteiger partial charge in [0.2, 0.25) is 0 Å². The summed E-state index contributed by atoms with van der Waals surface area (Å²) in [5, 5.41) is 1.01. The van der Waals surface area contributed by atoms with E-state index in [0.29, 0.717) is 5.69 Å². The molecule has 0 atom stereocenters. The number of fused-ring (bicyclic) bond motifs is 1. The number of carbonyl (C=O) groups excluding carboxylic acids is 1. The number of ketones is 1. The lowest BCUT2D eigenvalue weighted by molar-refractivity contribution is 0.104. The van der Waals surface area contributed by atoms with E-state index in [-0.39, 0.29) is 5.56 Å². The lowest BCUT2D eigenvalue weighted by atomic mass is 10.1. The zero-order valence-electron chi connectivity index (χ0n) is 11.5. The summed E-state index contributed by atoms with van der Waals surface area (Å²) >= 11 is 0. The highest BCUT2D eigenvalue weighted by Gasteiger charge is 2.07. The number of hydrogen-bond donors (Lipinski definition) is 0. The van der Waals surface area contributed by atoms with Crippen LogP contribution in [0.4, 0.5) is 8.78 Å². The molecular weight excluding hydrogens is 284 g/mol. The minimum absolute atomic E-state index is 0.0935. The highest BCUT2D eigenvalue weighted by molar-refractivity contribution is 6.06. The van der Waals surface area contributed by atoms with Crippen LogP contribution >= 0.6 is 0 Å². The molecule has 0 unspecified atom stereocenters. The van der Waals surface area contributed by atoms with E-state index in [9.17, 15) is 13.6 Å². The molecule has 0 N–H and O–H groups in total. The van der Waals surface area contributed by atoms with Gasteiger partial charge in [-0.15, -0.1) is 0 Å². The molecule has 108 valence electrons. The molecule has 0 spiro atoms. The normalized spacial score (nSPS) is 11.2. The van der Waals surface area contributed by atoms with E-state index >= 15 is 0 Å². The van der Waals surface area contributed by atoms with Crippen LogP contribution < -0.4 is 0 Å². The van der Waals surface area contributed by atoms with Crippen molar-refractivity contribution in [1.82, 2.24) is 4.98 Å². The number of aromatic nitrogens is 1. The fraction of sp³-hybridized carbons (Fsp3) is 0. The molecule has 0 saturated carbocycles. The monoisotopic (exact) mass is 295 g/mol. The standard InChI is InChI=1S/C18H11F2NO/c19-15-9-6-13(11-16(15)20)18(22)10-8-14-7-5-12-3-1-2-4-17(12)21-14/h1-11H/b10-8+. The molecule has 0 fully saturated rings. The molecule has 1 heterocycles. The Morgan fingerprint density at radius 2 is 1.77 bits per heavy atom. The van der Waals surface area contributed by atoms with Gasteiger partial charge in [-0.3, -0.25) is 4.79 Å². The summed E-state index contributed by atoms with van der Waals surface area (Å²) in [5.74, 6) is -2.42. The summed E-state index contributed by atoms with van der Waals surface area (Å²) in [6.45, 7) is 0. The first-order chi connectivity index (χ1) is 10.6. The predicted octanol–water partition coefficient (Wildman–Crippen LogP) is 4.41. The first kappa shape index (κ1) is 14.1. The van der Waals surface area contributed by atoms with Crippen LogP contribution in [0.1, 0.15) is 16.1 Å². The Balaban J connectivity index is 1.85. The second kappa shape index (κ2) is 5.85. The summed E-state index contributed by atoms with van der Waals surface area (Å²) in [4.78, 5) is 16.3. The largest absolute Gasteiger partial charge is 0.289 e. The number of carbonyl (C=O) groups is 1. The van der Waals surface area contributed by atoms with E-state index in [4.69, 9.17) is 0 Å². The second-order valence-corrected chi connectivity index (χ2v) is 4.76. The molecule has 4 heteroatoms.